The fourth-order valence-corrected chi connectivity index (χ4v) is 3.12. The highest BCUT2D eigenvalue weighted by Gasteiger charge is 2.18. The van der Waals surface area contributed by atoms with Gasteiger partial charge in [-0.05, 0) is 42.8 Å². The first-order valence-electron chi connectivity index (χ1n) is 7.69. The highest BCUT2D eigenvalue weighted by atomic mass is 35.5. The van der Waals surface area contributed by atoms with E-state index >= 15 is 0 Å². The molecule has 24 heavy (non-hydrogen) atoms. The molecule has 3 nitrogen and oxygen atoms in total. The first-order valence-corrected chi connectivity index (χ1v) is 8.95. The van der Waals surface area contributed by atoms with E-state index < -0.39 is 0 Å². The van der Waals surface area contributed by atoms with E-state index in [1.165, 1.54) is 11.8 Å². The molecular formula is C19H20ClNO2S. The van der Waals surface area contributed by atoms with Crippen LogP contribution in [0.25, 0.3) is 0 Å². The zero-order valence-corrected chi connectivity index (χ0v) is 15.1. The smallest absolute Gasteiger partial charge is 0.237 e. The van der Waals surface area contributed by atoms with E-state index in [4.69, 9.17) is 16.3 Å². The molecule has 0 saturated carbocycles. The Morgan fingerprint density at radius 3 is 2.75 bits per heavy atom. The normalized spacial score (nSPS) is 11.6. The van der Waals surface area contributed by atoms with E-state index in [9.17, 15) is 4.79 Å². The maximum Gasteiger partial charge on any atom is 0.237 e. The van der Waals surface area contributed by atoms with Gasteiger partial charge in [0.2, 0.25) is 5.91 Å². The molecule has 2 aromatic rings. The number of benzene rings is 2. The Bertz CT molecular complexity index is 688. The van der Waals surface area contributed by atoms with Gasteiger partial charge in [0, 0.05) is 21.7 Å². The largest absolute Gasteiger partial charge is 0.489 e. The zero-order valence-electron chi connectivity index (χ0n) is 13.5. The molecule has 2 rings (SSSR count). The predicted octanol–water partition coefficient (Wildman–Crippen LogP) is 5.41. The average molecular weight is 362 g/mol. The Kier molecular flexibility index (Phi) is 7.22. The highest BCUT2D eigenvalue weighted by Crippen LogP contribution is 2.28. The number of thioether (sulfide) groups is 1. The molecule has 126 valence electrons. The lowest BCUT2D eigenvalue weighted by Gasteiger charge is -2.15. The SMILES string of the molecule is C=CCOc1cccc(NC(=O)C(CC)Sc2ccc(Cl)cc2)c1. The van der Waals surface area contributed by atoms with Crippen molar-refractivity contribution >= 4 is 35.0 Å². The van der Waals surface area contributed by atoms with E-state index in [0.29, 0.717) is 17.4 Å². The number of rotatable bonds is 8. The van der Waals surface area contributed by atoms with E-state index in [-0.39, 0.29) is 11.2 Å². The minimum Gasteiger partial charge on any atom is -0.489 e. The van der Waals surface area contributed by atoms with Crippen molar-refractivity contribution in [2.24, 2.45) is 0 Å². The summed E-state index contributed by atoms with van der Waals surface area (Å²) in [4.78, 5) is 13.5. The van der Waals surface area contributed by atoms with Gasteiger partial charge in [0.15, 0.2) is 0 Å². The van der Waals surface area contributed by atoms with Gasteiger partial charge in [0.1, 0.15) is 12.4 Å². The predicted molar refractivity (Wildman–Crippen MR) is 102 cm³/mol. The number of hydrogen-bond acceptors (Lipinski definition) is 3. The quantitative estimate of drug-likeness (QED) is 0.504. The number of ether oxygens (including phenoxy) is 1. The molecular weight excluding hydrogens is 342 g/mol. The van der Waals surface area contributed by atoms with Gasteiger partial charge in [-0.25, -0.2) is 0 Å². The second-order valence-electron chi connectivity index (χ2n) is 5.09. The van der Waals surface area contributed by atoms with Crippen LogP contribution in [0.15, 0.2) is 66.1 Å². The van der Waals surface area contributed by atoms with E-state index in [0.717, 1.165) is 17.0 Å². The van der Waals surface area contributed by atoms with Crippen LogP contribution < -0.4 is 10.1 Å². The lowest BCUT2D eigenvalue weighted by molar-refractivity contribution is -0.115. The Labute approximate surface area is 152 Å². The molecule has 0 fully saturated rings. The summed E-state index contributed by atoms with van der Waals surface area (Å²) in [5, 5.41) is 3.46. The van der Waals surface area contributed by atoms with Gasteiger partial charge < -0.3 is 10.1 Å². The van der Waals surface area contributed by atoms with E-state index in [2.05, 4.69) is 11.9 Å². The molecule has 0 saturated heterocycles. The molecule has 5 heteroatoms. The molecule has 2 aromatic carbocycles. The molecule has 0 heterocycles. The summed E-state index contributed by atoms with van der Waals surface area (Å²) >= 11 is 7.42. The van der Waals surface area contributed by atoms with Crippen molar-refractivity contribution in [3.63, 3.8) is 0 Å². The van der Waals surface area contributed by atoms with Crippen molar-refractivity contribution in [2.75, 3.05) is 11.9 Å². The maximum atomic E-state index is 12.5. The van der Waals surface area contributed by atoms with Gasteiger partial charge in [-0.2, -0.15) is 0 Å². The van der Waals surface area contributed by atoms with Crippen molar-refractivity contribution < 1.29 is 9.53 Å². The monoisotopic (exact) mass is 361 g/mol. The summed E-state index contributed by atoms with van der Waals surface area (Å²) in [7, 11) is 0. The van der Waals surface area contributed by atoms with Gasteiger partial charge in [-0.3, -0.25) is 4.79 Å². The van der Waals surface area contributed by atoms with Crippen LogP contribution in [0, 0.1) is 0 Å². The summed E-state index contributed by atoms with van der Waals surface area (Å²) in [5.74, 6) is 0.671. The first kappa shape index (κ1) is 18.4. The standard InChI is InChI=1S/C19H20ClNO2S/c1-3-12-23-16-7-5-6-15(13-16)21-19(22)18(4-2)24-17-10-8-14(20)9-11-17/h3,5-11,13,18H,1,4,12H2,2H3,(H,21,22). The van der Waals surface area contributed by atoms with Crippen LogP contribution in [0.5, 0.6) is 5.75 Å². The van der Waals surface area contributed by atoms with Gasteiger partial charge in [0.05, 0.1) is 5.25 Å². The van der Waals surface area contributed by atoms with Crippen molar-refractivity contribution in [1.29, 1.82) is 0 Å². The summed E-state index contributed by atoms with van der Waals surface area (Å²) in [5.41, 5.74) is 0.719. The molecule has 0 bridgehead atoms. The number of nitrogens with one attached hydrogen (secondary N) is 1. The third-order valence-corrected chi connectivity index (χ3v) is 4.85. The number of halogens is 1. The van der Waals surface area contributed by atoms with Gasteiger partial charge >= 0.3 is 0 Å². The molecule has 0 aliphatic carbocycles. The molecule has 0 aliphatic heterocycles. The van der Waals surface area contributed by atoms with Crippen LogP contribution in [-0.4, -0.2) is 17.8 Å². The van der Waals surface area contributed by atoms with Crippen LogP contribution >= 0.6 is 23.4 Å². The molecule has 1 N–H and O–H groups in total. The topological polar surface area (TPSA) is 38.3 Å². The molecule has 0 spiro atoms. The minimum absolute atomic E-state index is 0.0293. The number of carbonyl (C=O) groups excluding carboxylic acids is 1. The van der Waals surface area contributed by atoms with Crippen molar-refractivity contribution in [2.45, 2.75) is 23.5 Å². The zero-order chi connectivity index (χ0) is 17.4. The van der Waals surface area contributed by atoms with Gasteiger partial charge in [-0.15, -0.1) is 11.8 Å². The third-order valence-electron chi connectivity index (χ3n) is 3.22. The van der Waals surface area contributed by atoms with Crippen LogP contribution in [0.3, 0.4) is 0 Å². The second-order valence-corrected chi connectivity index (χ2v) is 6.80. The fraction of sp³-hybridized carbons (Fsp3) is 0.211. The Morgan fingerprint density at radius 1 is 1.33 bits per heavy atom. The second kappa shape index (κ2) is 9.40. The number of carbonyl (C=O) groups is 1. The van der Waals surface area contributed by atoms with Crippen molar-refractivity contribution in [3.8, 4) is 5.75 Å². The van der Waals surface area contributed by atoms with Gasteiger partial charge in [0.25, 0.3) is 0 Å². The average Bonchev–Trinajstić information content (AvgIpc) is 2.59. The molecule has 1 atom stereocenters. The Balaban J connectivity index is 2.00. The lowest BCUT2D eigenvalue weighted by atomic mass is 10.2. The number of amides is 1. The number of anilines is 1. The molecule has 0 aromatic heterocycles. The van der Waals surface area contributed by atoms with E-state index in [1.54, 1.807) is 12.1 Å². The van der Waals surface area contributed by atoms with Crippen LogP contribution in [-0.2, 0) is 4.79 Å². The maximum absolute atomic E-state index is 12.5. The van der Waals surface area contributed by atoms with Crippen molar-refractivity contribution in [1.82, 2.24) is 0 Å². The number of hydrogen-bond donors (Lipinski definition) is 1. The van der Waals surface area contributed by atoms with Crippen LogP contribution in [0.1, 0.15) is 13.3 Å². The molecule has 1 unspecified atom stereocenters. The molecule has 0 aliphatic rings. The summed E-state index contributed by atoms with van der Waals surface area (Å²) in [6.45, 7) is 6.05. The Hall–Kier alpha value is -1.91. The third kappa shape index (κ3) is 5.62. The Morgan fingerprint density at radius 2 is 2.08 bits per heavy atom. The summed E-state index contributed by atoms with van der Waals surface area (Å²) < 4.78 is 5.48. The highest BCUT2D eigenvalue weighted by molar-refractivity contribution is 8.00. The lowest BCUT2D eigenvalue weighted by Crippen LogP contribution is -2.24. The summed E-state index contributed by atoms with van der Waals surface area (Å²) in [6.07, 6.45) is 2.41. The van der Waals surface area contributed by atoms with Crippen LogP contribution in [0.2, 0.25) is 5.02 Å². The first-order chi connectivity index (χ1) is 11.6. The fourth-order valence-electron chi connectivity index (χ4n) is 2.04. The van der Waals surface area contributed by atoms with Crippen molar-refractivity contribution in [3.05, 3.63) is 66.2 Å². The minimum atomic E-state index is -0.177. The molecule has 0 radical (unpaired) electrons. The van der Waals surface area contributed by atoms with Gasteiger partial charge in [-0.1, -0.05) is 37.2 Å². The van der Waals surface area contributed by atoms with E-state index in [1.807, 2.05) is 49.4 Å². The molecule has 1 amide bonds. The summed E-state index contributed by atoms with van der Waals surface area (Å²) in [6, 6.07) is 14.9. The van der Waals surface area contributed by atoms with Crippen LogP contribution in [0.4, 0.5) is 5.69 Å².